The summed E-state index contributed by atoms with van der Waals surface area (Å²) in [5.41, 5.74) is 0. The van der Waals surface area contributed by atoms with Crippen LogP contribution < -0.4 is 10.4 Å². The zero-order chi connectivity index (χ0) is 14.7. The van der Waals surface area contributed by atoms with Crippen LogP contribution in [0.4, 0.5) is 0 Å². The minimum atomic E-state index is -3.12. The molecule has 0 aromatic rings. The molecule has 0 spiro atoms. The molecule has 0 aromatic carbocycles. The fourth-order valence-corrected chi connectivity index (χ4v) is 3.47. The van der Waals surface area contributed by atoms with Crippen molar-refractivity contribution in [1.29, 1.82) is 0 Å². The quantitative estimate of drug-likeness (QED) is 0.453. The molecule has 0 saturated carbocycles. The van der Waals surface area contributed by atoms with Gasteiger partial charge in [0.1, 0.15) is 6.17 Å². The second kappa shape index (κ2) is 6.75. The Balaban J connectivity index is 5.18. The third-order valence-electron chi connectivity index (χ3n) is 2.06. The fourth-order valence-electron chi connectivity index (χ4n) is 1.15. The number of halogens is 3. The van der Waals surface area contributed by atoms with Crippen LogP contribution in [0.2, 0.25) is 0 Å². The van der Waals surface area contributed by atoms with E-state index in [0.29, 0.717) is 0 Å². The van der Waals surface area contributed by atoms with Crippen LogP contribution >= 0.6 is 42.4 Å². The maximum absolute atomic E-state index is 12.7. The predicted molar refractivity (Wildman–Crippen MR) is 76.0 cm³/mol. The molecule has 0 aliphatic rings. The monoisotopic (exact) mass is 338 g/mol. The van der Waals surface area contributed by atoms with Gasteiger partial charge in [-0.3, -0.25) is 9.36 Å². The van der Waals surface area contributed by atoms with E-state index < -0.39 is 23.5 Å². The zero-order valence-corrected chi connectivity index (χ0v) is 14.0. The molecule has 1 amide bonds. The van der Waals surface area contributed by atoms with E-state index in [1.165, 1.54) is 16.3 Å². The molecule has 0 aliphatic carbocycles. The van der Waals surface area contributed by atoms with Gasteiger partial charge in [0.2, 0.25) is 9.70 Å². The number of nitrogens with one attached hydrogen (secondary N) is 2. The van der Waals surface area contributed by atoms with Crippen LogP contribution in [0.25, 0.3) is 0 Å². The van der Waals surface area contributed by atoms with E-state index >= 15 is 0 Å². The van der Waals surface area contributed by atoms with Crippen LogP contribution in [-0.2, 0) is 9.36 Å². The van der Waals surface area contributed by atoms with E-state index in [1.54, 1.807) is 28.2 Å². The van der Waals surface area contributed by atoms with Crippen LogP contribution in [-0.4, -0.2) is 53.4 Å². The van der Waals surface area contributed by atoms with Crippen molar-refractivity contribution in [2.75, 3.05) is 28.2 Å². The molecule has 0 aliphatic heterocycles. The Hall–Kier alpha value is 0.450. The summed E-state index contributed by atoms with van der Waals surface area (Å²) in [5, 5.41) is 5.09. The van der Waals surface area contributed by atoms with Crippen molar-refractivity contribution in [3.8, 4) is 0 Å². The Kier molecular flexibility index (Phi) is 6.92. The van der Waals surface area contributed by atoms with E-state index in [1.807, 2.05) is 0 Å². The van der Waals surface area contributed by atoms with Crippen molar-refractivity contribution in [2.45, 2.75) is 16.9 Å². The molecular formula is C8H18Cl3N4O2P. The summed E-state index contributed by atoms with van der Waals surface area (Å²) in [5.74, 6) is -0.400. The first-order chi connectivity index (χ1) is 7.91. The van der Waals surface area contributed by atoms with E-state index in [2.05, 4.69) is 10.4 Å². The van der Waals surface area contributed by atoms with Crippen molar-refractivity contribution >= 4 is 48.3 Å². The Labute approximate surface area is 122 Å². The molecule has 108 valence electrons. The molecule has 0 bridgehead atoms. The van der Waals surface area contributed by atoms with E-state index in [0.717, 1.165) is 0 Å². The molecule has 0 rings (SSSR count). The largest absolute Gasteiger partial charge is 0.337 e. The summed E-state index contributed by atoms with van der Waals surface area (Å²) in [4.78, 5) is 11.1. The van der Waals surface area contributed by atoms with Gasteiger partial charge in [0, 0.05) is 6.92 Å². The smallest absolute Gasteiger partial charge is 0.285 e. The van der Waals surface area contributed by atoms with Gasteiger partial charge in [-0.1, -0.05) is 34.8 Å². The molecule has 0 aromatic heterocycles. The standard InChI is InChI=1S/C8H18Cl3N4O2P/c1-6(16)12-7(8(9,10)11)13-18(17,14(2)3)15(4)5/h7H,1-5H3,(H,12,16)(H,13,17). The van der Waals surface area contributed by atoms with Crippen LogP contribution in [0.3, 0.4) is 0 Å². The van der Waals surface area contributed by atoms with Crippen molar-refractivity contribution in [2.24, 2.45) is 0 Å². The lowest BCUT2D eigenvalue weighted by Crippen LogP contribution is -2.53. The number of hydrogen-bond acceptors (Lipinski definition) is 2. The molecule has 18 heavy (non-hydrogen) atoms. The van der Waals surface area contributed by atoms with E-state index in [4.69, 9.17) is 34.8 Å². The van der Waals surface area contributed by atoms with Crippen LogP contribution in [0.1, 0.15) is 6.92 Å². The molecular weight excluding hydrogens is 321 g/mol. The maximum Gasteiger partial charge on any atom is 0.285 e. The average Bonchev–Trinajstić information content (AvgIpc) is 2.13. The van der Waals surface area contributed by atoms with Gasteiger partial charge in [0.15, 0.2) is 0 Å². The third kappa shape index (κ3) is 5.21. The first-order valence-electron chi connectivity index (χ1n) is 4.98. The lowest BCUT2D eigenvalue weighted by Gasteiger charge is -2.36. The molecule has 1 atom stereocenters. The van der Waals surface area contributed by atoms with Gasteiger partial charge in [0.05, 0.1) is 0 Å². The lowest BCUT2D eigenvalue weighted by atomic mass is 10.5. The molecule has 0 saturated heterocycles. The molecule has 0 heterocycles. The highest BCUT2D eigenvalue weighted by molar-refractivity contribution is 7.56. The van der Waals surface area contributed by atoms with Gasteiger partial charge in [-0.15, -0.1) is 0 Å². The van der Waals surface area contributed by atoms with Gasteiger partial charge in [0.25, 0.3) is 7.59 Å². The van der Waals surface area contributed by atoms with E-state index in [-0.39, 0.29) is 0 Å². The van der Waals surface area contributed by atoms with Gasteiger partial charge >= 0.3 is 0 Å². The summed E-state index contributed by atoms with van der Waals surface area (Å²) >= 11 is 17.3. The molecule has 10 heteroatoms. The summed E-state index contributed by atoms with van der Waals surface area (Å²) in [6.07, 6.45) is -1.07. The molecule has 6 nitrogen and oxygen atoms in total. The summed E-state index contributed by atoms with van der Waals surface area (Å²) in [6, 6.07) is 0. The topological polar surface area (TPSA) is 64.7 Å². The minimum absolute atomic E-state index is 0.400. The number of carbonyl (C=O) groups excluding carboxylic acids is 1. The van der Waals surface area contributed by atoms with Gasteiger partial charge in [-0.05, 0) is 28.2 Å². The highest BCUT2D eigenvalue weighted by atomic mass is 35.6. The Morgan fingerprint density at radius 1 is 1.17 bits per heavy atom. The lowest BCUT2D eigenvalue weighted by molar-refractivity contribution is -0.119. The van der Waals surface area contributed by atoms with Crippen LogP contribution in [0, 0.1) is 0 Å². The highest BCUT2D eigenvalue weighted by Crippen LogP contribution is 2.47. The minimum Gasteiger partial charge on any atom is -0.337 e. The number of nitrogens with zero attached hydrogens (tertiary/aromatic N) is 2. The maximum atomic E-state index is 12.7. The Morgan fingerprint density at radius 3 is 1.78 bits per heavy atom. The fraction of sp³-hybridized carbons (Fsp3) is 0.875. The summed E-state index contributed by atoms with van der Waals surface area (Å²) < 4.78 is 13.8. The number of rotatable bonds is 5. The Morgan fingerprint density at radius 2 is 1.56 bits per heavy atom. The van der Waals surface area contributed by atoms with Crippen LogP contribution in [0.15, 0.2) is 0 Å². The summed E-state index contributed by atoms with van der Waals surface area (Å²) in [6.45, 7) is 1.28. The number of hydrogen-bond donors (Lipinski definition) is 2. The number of carbonyl (C=O) groups is 1. The zero-order valence-electron chi connectivity index (χ0n) is 10.9. The average molecular weight is 340 g/mol. The summed E-state index contributed by atoms with van der Waals surface area (Å²) in [7, 11) is 3.36. The normalized spacial score (nSPS) is 15.0. The van der Waals surface area contributed by atoms with Crippen molar-refractivity contribution in [1.82, 2.24) is 19.7 Å². The molecule has 2 N–H and O–H groups in total. The van der Waals surface area contributed by atoms with Crippen molar-refractivity contribution in [3.05, 3.63) is 0 Å². The van der Waals surface area contributed by atoms with Crippen molar-refractivity contribution in [3.63, 3.8) is 0 Å². The SMILES string of the molecule is CC(=O)NC(NP(=O)(N(C)C)N(C)C)C(Cl)(Cl)Cl. The molecule has 0 radical (unpaired) electrons. The highest BCUT2D eigenvalue weighted by Gasteiger charge is 2.40. The third-order valence-corrected chi connectivity index (χ3v) is 5.47. The number of amides is 1. The van der Waals surface area contributed by atoms with Gasteiger partial charge in [-0.2, -0.15) is 0 Å². The van der Waals surface area contributed by atoms with Gasteiger partial charge < -0.3 is 5.32 Å². The van der Waals surface area contributed by atoms with E-state index in [9.17, 15) is 9.36 Å². The second-order valence-corrected chi connectivity index (χ2v) is 9.36. The van der Waals surface area contributed by atoms with Gasteiger partial charge in [-0.25, -0.2) is 14.4 Å². The van der Waals surface area contributed by atoms with Crippen molar-refractivity contribution < 1.29 is 9.36 Å². The van der Waals surface area contributed by atoms with Crippen LogP contribution in [0.5, 0.6) is 0 Å². The second-order valence-electron chi connectivity index (χ2n) is 4.04. The molecule has 0 fully saturated rings. The predicted octanol–water partition coefficient (Wildman–Crippen LogP) is 1.64. The number of alkyl halides is 3. The molecule has 1 unspecified atom stereocenters. The first kappa shape index (κ1) is 18.4. The first-order valence-corrected chi connectivity index (χ1v) is 7.73. The Bertz CT molecular complexity index is 334.